The minimum absolute atomic E-state index is 0.00628. The molecule has 0 heterocycles. The molecule has 21 heavy (non-hydrogen) atoms. The van der Waals surface area contributed by atoms with E-state index in [0.717, 1.165) is 0 Å². The van der Waals surface area contributed by atoms with E-state index in [-0.39, 0.29) is 42.5 Å². The highest BCUT2D eigenvalue weighted by molar-refractivity contribution is 5.87. The Morgan fingerprint density at radius 3 is 2.00 bits per heavy atom. The molecule has 0 aromatic carbocycles. The van der Waals surface area contributed by atoms with Crippen LogP contribution in [0.3, 0.4) is 0 Å². The second-order valence-corrected chi connectivity index (χ2v) is 6.34. The summed E-state index contributed by atoms with van der Waals surface area (Å²) in [5, 5.41) is 14.1. The van der Waals surface area contributed by atoms with Crippen molar-refractivity contribution in [3.8, 4) is 0 Å². The Morgan fingerprint density at radius 1 is 1.00 bits per heavy atom. The fraction of sp³-hybridized carbons (Fsp3) is 0.800. The number of carbonyl (C=O) groups excluding carboxylic acids is 2. The number of nitrogens with one attached hydrogen (secondary N) is 2. The normalized spacial score (nSPS) is 13.9. The van der Waals surface area contributed by atoms with Crippen molar-refractivity contribution in [2.45, 2.75) is 53.5 Å². The monoisotopic (exact) mass is 300 g/mol. The highest BCUT2D eigenvalue weighted by Crippen LogP contribution is 2.06. The van der Waals surface area contributed by atoms with Crippen LogP contribution in [0.25, 0.3) is 0 Å². The quantitative estimate of drug-likeness (QED) is 0.600. The minimum Gasteiger partial charge on any atom is -0.481 e. The van der Waals surface area contributed by atoms with Crippen LogP contribution in [0.1, 0.15) is 47.5 Å². The van der Waals surface area contributed by atoms with Crippen LogP contribution in [-0.2, 0) is 14.4 Å². The zero-order valence-corrected chi connectivity index (χ0v) is 13.6. The van der Waals surface area contributed by atoms with E-state index >= 15 is 0 Å². The third-order valence-corrected chi connectivity index (χ3v) is 3.01. The molecule has 0 aromatic heterocycles. The first kappa shape index (κ1) is 19.4. The number of hydrogen-bond donors (Lipinski definition) is 3. The number of rotatable bonds is 9. The Morgan fingerprint density at radius 2 is 1.57 bits per heavy atom. The van der Waals surface area contributed by atoms with E-state index in [9.17, 15) is 14.4 Å². The molecule has 6 heteroatoms. The molecule has 122 valence electrons. The molecule has 6 nitrogen and oxygen atoms in total. The van der Waals surface area contributed by atoms with Crippen LogP contribution in [0.4, 0.5) is 0 Å². The van der Waals surface area contributed by atoms with E-state index in [0.29, 0.717) is 6.42 Å². The first-order valence-electron chi connectivity index (χ1n) is 7.42. The Hall–Kier alpha value is -1.59. The molecule has 0 saturated carbocycles. The standard InChI is InChI=1S/C15H28N2O4/c1-9(2)6-12(18)17-14(10(3)4)15(21)16-8-11(5)7-13(19)20/h9-11,14H,6-8H2,1-5H3,(H,16,21)(H,17,18)(H,19,20). The van der Waals surface area contributed by atoms with Gasteiger partial charge in [-0.15, -0.1) is 0 Å². The molecular formula is C15H28N2O4. The van der Waals surface area contributed by atoms with Crippen molar-refractivity contribution >= 4 is 17.8 Å². The van der Waals surface area contributed by atoms with Crippen LogP contribution >= 0.6 is 0 Å². The maximum absolute atomic E-state index is 12.1. The summed E-state index contributed by atoms with van der Waals surface area (Å²) < 4.78 is 0. The van der Waals surface area contributed by atoms with Crippen LogP contribution in [-0.4, -0.2) is 35.5 Å². The van der Waals surface area contributed by atoms with Gasteiger partial charge in [-0.25, -0.2) is 0 Å². The number of aliphatic carboxylic acids is 1. The van der Waals surface area contributed by atoms with Crippen LogP contribution in [0.5, 0.6) is 0 Å². The molecular weight excluding hydrogens is 272 g/mol. The largest absolute Gasteiger partial charge is 0.481 e. The Kier molecular flexibility index (Phi) is 8.66. The van der Waals surface area contributed by atoms with Crippen molar-refractivity contribution in [2.24, 2.45) is 17.8 Å². The van der Waals surface area contributed by atoms with Gasteiger partial charge in [-0.3, -0.25) is 14.4 Å². The van der Waals surface area contributed by atoms with E-state index in [1.807, 2.05) is 27.7 Å². The smallest absolute Gasteiger partial charge is 0.303 e. The summed E-state index contributed by atoms with van der Waals surface area (Å²) in [5.74, 6) is -1.24. The molecule has 2 atom stereocenters. The van der Waals surface area contributed by atoms with Crippen molar-refractivity contribution in [1.82, 2.24) is 10.6 Å². The summed E-state index contributed by atoms with van der Waals surface area (Å²) in [6.07, 6.45) is 0.387. The Labute approximate surface area is 126 Å². The molecule has 2 unspecified atom stereocenters. The SMILES string of the molecule is CC(C)CC(=O)NC(C(=O)NCC(C)CC(=O)O)C(C)C. The molecule has 0 bridgehead atoms. The summed E-state index contributed by atoms with van der Waals surface area (Å²) in [6, 6.07) is -0.590. The highest BCUT2D eigenvalue weighted by Gasteiger charge is 2.24. The van der Waals surface area contributed by atoms with Crippen LogP contribution in [0.2, 0.25) is 0 Å². The molecule has 0 rings (SSSR count). The lowest BCUT2D eigenvalue weighted by molar-refractivity contribution is -0.138. The molecule has 2 amide bonds. The summed E-state index contributed by atoms with van der Waals surface area (Å²) in [4.78, 5) is 34.5. The van der Waals surface area contributed by atoms with Gasteiger partial charge < -0.3 is 15.7 Å². The molecule has 0 spiro atoms. The number of carboxylic acids is 1. The van der Waals surface area contributed by atoms with E-state index in [1.54, 1.807) is 6.92 Å². The lowest BCUT2D eigenvalue weighted by Crippen LogP contribution is -2.50. The fourth-order valence-corrected chi connectivity index (χ4v) is 1.89. The third kappa shape index (κ3) is 9.05. The predicted molar refractivity (Wildman–Crippen MR) is 80.7 cm³/mol. The van der Waals surface area contributed by atoms with Crippen molar-refractivity contribution < 1.29 is 19.5 Å². The Bertz CT molecular complexity index is 367. The minimum atomic E-state index is -0.887. The number of carboxylic acid groups (broad SMARTS) is 1. The zero-order valence-electron chi connectivity index (χ0n) is 13.6. The lowest BCUT2D eigenvalue weighted by Gasteiger charge is -2.23. The van der Waals surface area contributed by atoms with Crippen molar-refractivity contribution in [1.29, 1.82) is 0 Å². The highest BCUT2D eigenvalue weighted by atomic mass is 16.4. The second-order valence-electron chi connectivity index (χ2n) is 6.34. The second kappa shape index (κ2) is 9.37. The number of carbonyl (C=O) groups is 3. The van der Waals surface area contributed by atoms with E-state index in [2.05, 4.69) is 10.6 Å². The maximum Gasteiger partial charge on any atom is 0.303 e. The summed E-state index contributed by atoms with van der Waals surface area (Å²) in [7, 11) is 0. The first-order chi connectivity index (χ1) is 9.63. The molecule has 0 fully saturated rings. The van der Waals surface area contributed by atoms with Gasteiger partial charge in [0.05, 0.1) is 0 Å². The van der Waals surface area contributed by atoms with Gasteiger partial charge in [0.15, 0.2) is 0 Å². The summed E-state index contributed by atoms with van der Waals surface area (Å²) >= 11 is 0. The Balaban J connectivity index is 4.42. The third-order valence-electron chi connectivity index (χ3n) is 3.01. The van der Waals surface area contributed by atoms with Gasteiger partial charge in [-0.2, -0.15) is 0 Å². The topological polar surface area (TPSA) is 95.5 Å². The first-order valence-corrected chi connectivity index (χ1v) is 7.42. The lowest BCUT2D eigenvalue weighted by atomic mass is 10.0. The van der Waals surface area contributed by atoms with Crippen LogP contribution in [0.15, 0.2) is 0 Å². The molecule has 3 N–H and O–H groups in total. The average molecular weight is 300 g/mol. The van der Waals surface area contributed by atoms with Crippen molar-refractivity contribution in [3.05, 3.63) is 0 Å². The van der Waals surface area contributed by atoms with Crippen LogP contribution in [0, 0.1) is 17.8 Å². The predicted octanol–water partition coefficient (Wildman–Crippen LogP) is 1.40. The molecule has 0 aliphatic rings. The average Bonchev–Trinajstić information content (AvgIpc) is 2.30. The van der Waals surface area contributed by atoms with Gasteiger partial charge in [0.1, 0.15) is 6.04 Å². The van der Waals surface area contributed by atoms with E-state index < -0.39 is 12.0 Å². The fourth-order valence-electron chi connectivity index (χ4n) is 1.89. The molecule has 0 saturated heterocycles. The van der Waals surface area contributed by atoms with E-state index in [1.165, 1.54) is 0 Å². The van der Waals surface area contributed by atoms with Gasteiger partial charge in [-0.1, -0.05) is 34.6 Å². The molecule has 0 aliphatic carbocycles. The van der Waals surface area contributed by atoms with Crippen molar-refractivity contribution in [2.75, 3.05) is 6.54 Å². The van der Waals surface area contributed by atoms with Crippen molar-refractivity contribution in [3.63, 3.8) is 0 Å². The van der Waals surface area contributed by atoms with Gasteiger partial charge >= 0.3 is 5.97 Å². The number of amides is 2. The van der Waals surface area contributed by atoms with Gasteiger partial charge in [-0.05, 0) is 17.8 Å². The maximum atomic E-state index is 12.1. The zero-order chi connectivity index (χ0) is 16.6. The van der Waals surface area contributed by atoms with Gasteiger partial charge in [0.25, 0.3) is 0 Å². The summed E-state index contributed by atoms with van der Waals surface area (Å²) in [5.41, 5.74) is 0. The van der Waals surface area contributed by atoms with Gasteiger partial charge in [0.2, 0.25) is 11.8 Å². The van der Waals surface area contributed by atoms with Crippen LogP contribution < -0.4 is 10.6 Å². The summed E-state index contributed by atoms with van der Waals surface area (Å²) in [6.45, 7) is 9.65. The molecule has 0 aliphatic heterocycles. The molecule has 0 radical (unpaired) electrons. The molecule has 0 aromatic rings. The number of hydrogen-bond acceptors (Lipinski definition) is 3. The van der Waals surface area contributed by atoms with Gasteiger partial charge in [0, 0.05) is 19.4 Å². The van der Waals surface area contributed by atoms with E-state index in [4.69, 9.17) is 5.11 Å².